The Bertz CT molecular complexity index is 540. The van der Waals surface area contributed by atoms with Crippen LogP contribution in [0.2, 0.25) is 5.02 Å². The fourth-order valence-corrected chi connectivity index (χ4v) is 1.94. The summed E-state index contributed by atoms with van der Waals surface area (Å²) in [5, 5.41) is 12.9. The molecular formula is C15H14ClNO2. The smallest absolute Gasteiger partial charge is 0.325 e. The average molecular weight is 276 g/mol. The molecule has 2 aromatic rings. The van der Waals surface area contributed by atoms with E-state index in [9.17, 15) is 9.90 Å². The zero-order chi connectivity index (χ0) is 13.7. The third-order valence-electron chi connectivity index (χ3n) is 2.80. The lowest BCUT2D eigenvalue weighted by atomic mass is 10.1. The maximum atomic E-state index is 11.3. The minimum Gasteiger partial charge on any atom is -0.480 e. The average Bonchev–Trinajstić information content (AvgIpc) is 2.42. The van der Waals surface area contributed by atoms with Crippen LogP contribution < -0.4 is 5.32 Å². The lowest BCUT2D eigenvalue weighted by molar-refractivity contribution is -0.139. The molecule has 0 aliphatic carbocycles. The largest absolute Gasteiger partial charge is 0.480 e. The Morgan fingerprint density at radius 2 is 1.74 bits per heavy atom. The summed E-state index contributed by atoms with van der Waals surface area (Å²) in [5.41, 5.74) is 1.73. The first-order valence-electron chi connectivity index (χ1n) is 5.92. The Morgan fingerprint density at radius 3 is 2.32 bits per heavy atom. The molecule has 0 heterocycles. The number of rotatable bonds is 5. The summed E-state index contributed by atoms with van der Waals surface area (Å²) < 4.78 is 0. The number of hydrogen-bond donors (Lipinski definition) is 2. The third-order valence-corrected chi connectivity index (χ3v) is 3.06. The van der Waals surface area contributed by atoms with Gasteiger partial charge in [-0.05, 0) is 23.3 Å². The Hall–Kier alpha value is -1.84. The Kier molecular flexibility index (Phi) is 4.55. The summed E-state index contributed by atoms with van der Waals surface area (Å²) >= 11 is 5.80. The molecule has 1 atom stereocenters. The third kappa shape index (κ3) is 3.81. The van der Waals surface area contributed by atoms with Gasteiger partial charge in [-0.1, -0.05) is 54.1 Å². The van der Waals surface area contributed by atoms with E-state index in [1.807, 2.05) is 30.3 Å². The van der Waals surface area contributed by atoms with E-state index in [0.717, 1.165) is 5.56 Å². The van der Waals surface area contributed by atoms with Crippen LogP contribution >= 0.6 is 11.6 Å². The van der Waals surface area contributed by atoms with E-state index in [1.165, 1.54) is 0 Å². The van der Waals surface area contributed by atoms with Crippen molar-refractivity contribution in [1.82, 2.24) is 5.32 Å². The van der Waals surface area contributed by atoms with Gasteiger partial charge < -0.3 is 5.11 Å². The van der Waals surface area contributed by atoms with Crippen molar-refractivity contribution in [3.63, 3.8) is 0 Å². The minimum absolute atomic E-state index is 0.500. The van der Waals surface area contributed by atoms with E-state index in [1.54, 1.807) is 24.3 Å². The Balaban J connectivity index is 2.09. The highest BCUT2D eigenvalue weighted by Crippen LogP contribution is 2.17. The summed E-state index contributed by atoms with van der Waals surface area (Å²) in [6.07, 6.45) is 0. The number of carbonyl (C=O) groups is 1. The molecule has 4 heteroatoms. The predicted octanol–water partition coefficient (Wildman–Crippen LogP) is 3.26. The molecule has 0 saturated carbocycles. The molecule has 3 nitrogen and oxygen atoms in total. The van der Waals surface area contributed by atoms with Gasteiger partial charge in [0.1, 0.15) is 6.04 Å². The van der Waals surface area contributed by atoms with Crippen LogP contribution in [0.5, 0.6) is 0 Å². The Morgan fingerprint density at radius 1 is 1.11 bits per heavy atom. The monoisotopic (exact) mass is 275 g/mol. The van der Waals surface area contributed by atoms with E-state index in [-0.39, 0.29) is 0 Å². The number of aliphatic carboxylic acids is 1. The molecule has 0 radical (unpaired) electrons. The molecule has 98 valence electrons. The van der Waals surface area contributed by atoms with Crippen molar-refractivity contribution in [3.8, 4) is 0 Å². The van der Waals surface area contributed by atoms with E-state index in [4.69, 9.17) is 11.6 Å². The van der Waals surface area contributed by atoms with E-state index < -0.39 is 12.0 Å². The van der Waals surface area contributed by atoms with Crippen molar-refractivity contribution in [2.24, 2.45) is 0 Å². The number of hydrogen-bond acceptors (Lipinski definition) is 2. The van der Waals surface area contributed by atoms with Crippen LogP contribution in [0.15, 0.2) is 54.6 Å². The minimum atomic E-state index is -0.904. The zero-order valence-corrected chi connectivity index (χ0v) is 11.0. The lowest BCUT2D eigenvalue weighted by Crippen LogP contribution is -2.28. The first-order valence-corrected chi connectivity index (χ1v) is 6.30. The molecule has 2 aromatic carbocycles. The highest BCUT2D eigenvalue weighted by molar-refractivity contribution is 6.30. The molecule has 19 heavy (non-hydrogen) atoms. The number of carboxylic acid groups (broad SMARTS) is 1. The van der Waals surface area contributed by atoms with Crippen LogP contribution in [0, 0.1) is 0 Å². The van der Waals surface area contributed by atoms with Gasteiger partial charge in [0, 0.05) is 11.6 Å². The topological polar surface area (TPSA) is 49.3 Å². The first kappa shape index (κ1) is 13.6. The zero-order valence-electron chi connectivity index (χ0n) is 10.2. The number of halogens is 1. The maximum Gasteiger partial charge on any atom is 0.325 e. The molecule has 0 aliphatic heterocycles. The number of carboxylic acids is 1. The molecule has 2 rings (SSSR count). The highest BCUT2D eigenvalue weighted by Gasteiger charge is 2.18. The molecule has 0 bridgehead atoms. The van der Waals surface area contributed by atoms with Gasteiger partial charge in [0.15, 0.2) is 0 Å². The summed E-state index contributed by atoms with van der Waals surface area (Å²) in [6, 6.07) is 15.8. The predicted molar refractivity (Wildman–Crippen MR) is 75.1 cm³/mol. The van der Waals surface area contributed by atoms with E-state index in [0.29, 0.717) is 17.1 Å². The van der Waals surface area contributed by atoms with Crippen molar-refractivity contribution in [1.29, 1.82) is 0 Å². The Labute approximate surface area is 116 Å². The highest BCUT2D eigenvalue weighted by atomic mass is 35.5. The fourth-order valence-electron chi connectivity index (χ4n) is 1.82. The van der Waals surface area contributed by atoms with Gasteiger partial charge in [-0.2, -0.15) is 0 Å². The van der Waals surface area contributed by atoms with Crippen LogP contribution in [0.1, 0.15) is 17.2 Å². The van der Waals surface area contributed by atoms with Crippen LogP contribution in [0.3, 0.4) is 0 Å². The van der Waals surface area contributed by atoms with Gasteiger partial charge in [0.05, 0.1) is 0 Å². The van der Waals surface area contributed by atoms with Crippen LogP contribution in [-0.4, -0.2) is 11.1 Å². The van der Waals surface area contributed by atoms with Crippen molar-refractivity contribution >= 4 is 17.6 Å². The molecule has 0 spiro atoms. The van der Waals surface area contributed by atoms with Crippen molar-refractivity contribution in [2.45, 2.75) is 12.6 Å². The van der Waals surface area contributed by atoms with E-state index >= 15 is 0 Å². The maximum absolute atomic E-state index is 11.3. The van der Waals surface area contributed by atoms with Gasteiger partial charge in [-0.3, -0.25) is 10.1 Å². The first-order chi connectivity index (χ1) is 9.16. The van der Waals surface area contributed by atoms with Crippen LogP contribution in [0.25, 0.3) is 0 Å². The second-order valence-electron chi connectivity index (χ2n) is 4.19. The number of benzene rings is 2. The van der Waals surface area contributed by atoms with Crippen molar-refractivity contribution in [2.75, 3.05) is 0 Å². The van der Waals surface area contributed by atoms with Gasteiger partial charge in [0.25, 0.3) is 0 Å². The van der Waals surface area contributed by atoms with Gasteiger partial charge in [0.2, 0.25) is 0 Å². The van der Waals surface area contributed by atoms with Gasteiger partial charge >= 0.3 is 5.97 Å². The van der Waals surface area contributed by atoms with Crippen LogP contribution in [-0.2, 0) is 11.3 Å². The van der Waals surface area contributed by atoms with Gasteiger partial charge in [-0.25, -0.2) is 0 Å². The van der Waals surface area contributed by atoms with Crippen molar-refractivity contribution in [3.05, 3.63) is 70.7 Å². The van der Waals surface area contributed by atoms with E-state index in [2.05, 4.69) is 5.32 Å². The molecule has 0 aromatic heterocycles. The second-order valence-corrected chi connectivity index (χ2v) is 4.63. The standard InChI is InChI=1S/C15H14ClNO2/c16-13-8-6-12(7-9-13)14(15(18)19)17-10-11-4-2-1-3-5-11/h1-9,14,17H,10H2,(H,18,19). The summed E-state index contributed by atoms with van der Waals surface area (Å²) in [4.78, 5) is 11.3. The second kappa shape index (κ2) is 6.36. The normalized spacial score (nSPS) is 12.1. The van der Waals surface area contributed by atoms with Crippen molar-refractivity contribution < 1.29 is 9.90 Å². The fraction of sp³-hybridized carbons (Fsp3) is 0.133. The molecule has 0 saturated heterocycles. The molecular weight excluding hydrogens is 262 g/mol. The summed E-state index contributed by atoms with van der Waals surface area (Å²) in [6.45, 7) is 0.500. The van der Waals surface area contributed by atoms with Gasteiger partial charge in [-0.15, -0.1) is 0 Å². The lowest BCUT2D eigenvalue weighted by Gasteiger charge is -2.15. The number of nitrogens with one attached hydrogen (secondary N) is 1. The SMILES string of the molecule is O=C(O)C(NCc1ccccc1)c1ccc(Cl)cc1. The molecule has 0 fully saturated rings. The molecule has 0 aliphatic rings. The van der Waals surface area contributed by atoms with Crippen LogP contribution in [0.4, 0.5) is 0 Å². The summed E-state index contributed by atoms with van der Waals surface area (Å²) in [7, 11) is 0. The summed E-state index contributed by atoms with van der Waals surface area (Å²) in [5.74, 6) is -0.904. The molecule has 2 N–H and O–H groups in total. The molecule has 0 amide bonds. The molecule has 1 unspecified atom stereocenters. The quantitative estimate of drug-likeness (QED) is 0.881.